The van der Waals surface area contributed by atoms with Crippen molar-refractivity contribution >= 4 is 40.3 Å². The van der Waals surface area contributed by atoms with Gasteiger partial charge in [-0.1, -0.05) is 42.7 Å². The van der Waals surface area contributed by atoms with E-state index < -0.39 is 0 Å². The molecule has 1 amide bonds. The number of carbonyl (C=O) groups excluding carboxylic acids is 1. The molecule has 0 spiro atoms. The van der Waals surface area contributed by atoms with Gasteiger partial charge in [-0.15, -0.1) is 0 Å². The Bertz CT molecular complexity index is 596. The van der Waals surface area contributed by atoms with E-state index in [2.05, 4.69) is 11.9 Å². The van der Waals surface area contributed by atoms with Crippen LogP contribution >= 0.6 is 24.0 Å². The maximum Gasteiger partial charge on any atom is 0.263 e. The minimum Gasteiger partial charge on any atom is -0.493 e. The number of hydrogen-bond acceptors (Lipinski definition) is 5. The van der Waals surface area contributed by atoms with E-state index in [0.717, 1.165) is 5.56 Å². The molecule has 0 saturated carbocycles. The van der Waals surface area contributed by atoms with E-state index in [-0.39, 0.29) is 5.91 Å². The van der Waals surface area contributed by atoms with Crippen LogP contribution in [0, 0.1) is 0 Å². The third-order valence-electron chi connectivity index (χ3n) is 2.48. The van der Waals surface area contributed by atoms with Gasteiger partial charge in [-0.2, -0.15) is 0 Å². The van der Waals surface area contributed by atoms with E-state index >= 15 is 0 Å². The number of methoxy groups -OCH3 is 1. The van der Waals surface area contributed by atoms with Gasteiger partial charge in [0.15, 0.2) is 11.5 Å². The smallest absolute Gasteiger partial charge is 0.263 e. The SMILES string of the molecule is C=CCOc1ccc(/C=C2/SC(=S)NC2=O)cc1OC. The van der Waals surface area contributed by atoms with Gasteiger partial charge in [0.05, 0.1) is 12.0 Å². The lowest BCUT2D eigenvalue weighted by Gasteiger charge is -2.09. The number of benzene rings is 1. The Morgan fingerprint density at radius 1 is 1.45 bits per heavy atom. The summed E-state index contributed by atoms with van der Waals surface area (Å²) in [4.78, 5) is 12.2. The summed E-state index contributed by atoms with van der Waals surface area (Å²) in [5.74, 6) is 1.06. The molecule has 0 bridgehead atoms. The lowest BCUT2D eigenvalue weighted by molar-refractivity contribution is -0.115. The van der Waals surface area contributed by atoms with Crippen molar-refractivity contribution in [2.24, 2.45) is 0 Å². The second-order valence-electron chi connectivity index (χ2n) is 3.86. The Hall–Kier alpha value is -1.79. The van der Waals surface area contributed by atoms with Crippen molar-refractivity contribution in [2.45, 2.75) is 0 Å². The largest absolute Gasteiger partial charge is 0.493 e. The molecule has 1 aromatic carbocycles. The van der Waals surface area contributed by atoms with E-state index in [0.29, 0.717) is 27.3 Å². The first kappa shape index (κ1) is 14.6. The number of hydrogen-bond donors (Lipinski definition) is 1. The number of nitrogens with one attached hydrogen (secondary N) is 1. The van der Waals surface area contributed by atoms with Crippen LogP contribution in [0.4, 0.5) is 0 Å². The summed E-state index contributed by atoms with van der Waals surface area (Å²) in [6.07, 6.45) is 3.43. The summed E-state index contributed by atoms with van der Waals surface area (Å²) < 4.78 is 11.2. The molecular weight excluding hydrogens is 294 g/mol. The summed E-state index contributed by atoms with van der Waals surface area (Å²) in [7, 11) is 1.57. The molecule has 4 nitrogen and oxygen atoms in total. The highest BCUT2D eigenvalue weighted by atomic mass is 32.2. The Kier molecular flexibility index (Phi) is 4.81. The fraction of sp³-hybridized carbons (Fsp3) is 0.143. The topological polar surface area (TPSA) is 47.6 Å². The lowest BCUT2D eigenvalue weighted by Crippen LogP contribution is -2.17. The van der Waals surface area contributed by atoms with Crippen LogP contribution in [-0.4, -0.2) is 23.9 Å². The average molecular weight is 307 g/mol. The molecular formula is C14H13NO3S2. The molecule has 1 fully saturated rings. The van der Waals surface area contributed by atoms with Crippen LogP contribution in [0.15, 0.2) is 35.8 Å². The predicted molar refractivity (Wildman–Crippen MR) is 85.0 cm³/mol. The van der Waals surface area contributed by atoms with E-state index in [1.165, 1.54) is 11.8 Å². The van der Waals surface area contributed by atoms with E-state index in [1.807, 2.05) is 6.07 Å². The van der Waals surface area contributed by atoms with Crippen LogP contribution in [0.2, 0.25) is 0 Å². The van der Waals surface area contributed by atoms with Crippen LogP contribution in [0.3, 0.4) is 0 Å². The van der Waals surface area contributed by atoms with Gasteiger partial charge in [0.25, 0.3) is 5.91 Å². The zero-order valence-electron chi connectivity index (χ0n) is 10.8. The van der Waals surface area contributed by atoms with Crippen molar-refractivity contribution in [3.8, 4) is 11.5 Å². The quantitative estimate of drug-likeness (QED) is 0.515. The third kappa shape index (κ3) is 3.40. The number of rotatable bonds is 5. The number of carbonyl (C=O) groups is 1. The molecule has 1 aliphatic heterocycles. The van der Waals surface area contributed by atoms with Crippen LogP contribution in [0.1, 0.15) is 5.56 Å². The first-order chi connectivity index (χ1) is 9.63. The van der Waals surface area contributed by atoms with Crippen LogP contribution in [0.25, 0.3) is 6.08 Å². The first-order valence-electron chi connectivity index (χ1n) is 5.80. The molecule has 0 radical (unpaired) electrons. The number of amides is 1. The van der Waals surface area contributed by atoms with E-state index in [9.17, 15) is 4.79 Å². The Morgan fingerprint density at radius 2 is 2.25 bits per heavy atom. The molecule has 6 heteroatoms. The summed E-state index contributed by atoms with van der Waals surface area (Å²) >= 11 is 6.19. The molecule has 1 aliphatic rings. The van der Waals surface area contributed by atoms with Crippen molar-refractivity contribution in [1.82, 2.24) is 5.32 Å². The van der Waals surface area contributed by atoms with Gasteiger partial charge in [0.2, 0.25) is 0 Å². The van der Waals surface area contributed by atoms with Crippen molar-refractivity contribution in [3.63, 3.8) is 0 Å². The number of thioether (sulfide) groups is 1. The van der Waals surface area contributed by atoms with Gasteiger partial charge in [-0.3, -0.25) is 4.79 Å². The highest BCUT2D eigenvalue weighted by Gasteiger charge is 2.22. The molecule has 1 N–H and O–H groups in total. The summed E-state index contributed by atoms with van der Waals surface area (Å²) in [6, 6.07) is 5.45. The van der Waals surface area contributed by atoms with E-state index in [4.69, 9.17) is 21.7 Å². The minimum absolute atomic E-state index is 0.175. The fourth-order valence-corrected chi connectivity index (χ4v) is 2.66. The molecule has 0 aliphatic carbocycles. The fourth-order valence-electron chi connectivity index (χ4n) is 1.61. The zero-order valence-corrected chi connectivity index (χ0v) is 12.5. The van der Waals surface area contributed by atoms with Gasteiger partial charge in [0, 0.05) is 0 Å². The van der Waals surface area contributed by atoms with Gasteiger partial charge < -0.3 is 14.8 Å². The van der Waals surface area contributed by atoms with Crippen LogP contribution < -0.4 is 14.8 Å². The first-order valence-corrected chi connectivity index (χ1v) is 7.03. The standard InChI is InChI=1S/C14H13NO3S2/c1-3-6-18-10-5-4-9(7-11(10)17-2)8-12-13(16)15-14(19)20-12/h3-5,7-8H,1,6H2,2H3,(H,15,16,19)/b12-8+. The van der Waals surface area contributed by atoms with Crippen molar-refractivity contribution in [2.75, 3.05) is 13.7 Å². The molecule has 0 aromatic heterocycles. The third-order valence-corrected chi connectivity index (χ3v) is 3.65. The summed E-state index contributed by atoms with van der Waals surface area (Å²) in [5.41, 5.74) is 0.843. The molecule has 2 rings (SSSR count). The highest BCUT2D eigenvalue weighted by Crippen LogP contribution is 2.31. The van der Waals surface area contributed by atoms with Gasteiger partial charge in [-0.25, -0.2) is 0 Å². The van der Waals surface area contributed by atoms with Crippen LogP contribution in [0.5, 0.6) is 11.5 Å². The molecule has 1 heterocycles. The predicted octanol–water partition coefficient (Wildman–Crippen LogP) is 2.75. The van der Waals surface area contributed by atoms with Gasteiger partial charge >= 0.3 is 0 Å². The monoisotopic (exact) mass is 307 g/mol. The number of thiocarbonyl (C=S) groups is 1. The number of ether oxygens (including phenoxy) is 2. The second kappa shape index (κ2) is 6.58. The molecule has 104 valence electrons. The molecule has 0 unspecified atom stereocenters. The second-order valence-corrected chi connectivity index (χ2v) is 5.58. The maximum absolute atomic E-state index is 11.6. The Morgan fingerprint density at radius 3 is 2.85 bits per heavy atom. The molecule has 1 aromatic rings. The average Bonchev–Trinajstić information content (AvgIpc) is 2.75. The minimum atomic E-state index is -0.175. The van der Waals surface area contributed by atoms with Gasteiger partial charge in [-0.05, 0) is 23.8 Å². The lowest BCUT2D eigenvalue weighted by atomic mass is 10.2. The maximum atomic E-state index is 11.6. The molecule has 1 saturated heterocycles. The highest BCUT2D eigenvalue weighted by molar-refractivity contribution is 8.26. The summed E-state index contributed by atoms with van der Waals surface area (Å²) in [5, 5.41) is 2.58. The Labute approximate surface area is 126 Å². The van der Waals surface area contributed by atoms with Crippen molar-refractivity contribution in [3.05, 3.63) is 41.3 Å². The van der Waals surface area contributed by atoms with E-state index in [1.54, 1.807) is 31.4 Å². The molecule has 20 heavy (non-hydrogen) atoms. The Balaban J connectivity index is 2.25. The normalized spacial score (nSPS) is 16.1. The van der Waals surface area contributed by atoms with Crippen molar-refractivity contribution < 1.29 is 14.3 Å². The van der Waals surface area contributed by atoms with Gasteiger partial charge in [0.1, 0.15) is 10.9 Å². The zero-order chi connectivity index (χ0) is 14.5. The van der Waals surface area contributed by atoms with Crippen LogP contribution in [-0.2, 0) is 4.79 Å². The summed E-state index contributed by atoms with van der Waals surface area (Å²) in [6.45, 7) is 4.00. The molecule has 0 atom stereocenters. The van der Waals surface area contributed by atoms with Crippen molar-refractivity contribution in [1.29, 1.82) is 0 Å².